The summed E-state index contributed by atoms with van der Waals surface area (Å²) < 4.78 is 67.1. The largest absolute Gasteiger partial charge is 0.534 e. The van der Waals surface area contributed by atoms with Crippen LogP contribution in [-0.4, -0.2) is 85.1 Å². The maximum Gasteiger partial charge on any atom is 0.534 e. The minimum absolute atomic E-state index is 0. The Balaban J connectivity index is 0.000000200. The van der Waals surface area contributed by atoms with Gasteiger partial charge in [-0.1, -0.05) is 0 Å². The van der Waals surface area contributed by atoms with E-state index in [1.54, 1.807) is 20.8 Å². The Bertz CT molecular complexity index is 1230. The number of nitrogens with zero attached hydrogens (tertiary/aromatic N) is 3. The molecule has 3 heterocycles. The lowest BCUT2D eigenvalue weighted by Gasteiger charge is -2.21. The van der Waals surface area contributed by atoms with E-state index < -0.39 is 27.0 Å². The van der Waals surface area contributed by atoms with Crippen molar-refractivity contribution in [3.05, 3.63) is 47.4 Å². The Hall–Kier alpha value is -2.87. The number of hydrogen-bond acceptors (Lipinski definition) is 9. The van der Waals surface area contributed by atoms with Crippen LogP contribution in [0.5, 0.6) is 11.5 Å². The lowest BCUT2D eigenvalue weighted by molar-refractivity contribution is -0.117. The van der Waals surface area contributed by atoms with E-state index in [-0.39, 0.29) is 25.1 Å². The highest BCUT2D eigenvalue weighted by atomic mass is 32.2. The second kappa shape index (κ2) is 10.1. The third kappa shape index (κ3) is 7.12. The summed E-state index contributed by atoms with van der Waals surface area (Å²) in [5.74, 6) is 0.00948. The first kappa shape index (κ1) is 28.7. The summed E-state index contributed by atoms with van der Waals surface area (Å²) in [6.07, 6.45) is 1.52. The van der Waals surface area contributed by atoms with Gasteiger partial charge in [0.1, 0.15) is 28.5 Å². The number of rotatable bonds is 6. The molecule has 204 valence electrons. The normalized spacial score (nSPS) is 19.0. The molecule has 0 N–H and O–H groups in total. The van der Waals surface area contributed by atoms with Crippen LogP contribution in [0, 0.1) is 0 Å². The summed E-state index contributed by atoms with van der Waals surface area (Å²) in [5.41, 5.74) is -4.04. The van der Waals surface area contributed by atoms with Crippen molar-refractivity contribution in [1.82, 2.24) is 14.7 Å². The number of alkyl halides is 3. The van der Waals surface area contributed by atoms with Crippen molar-refractivity contribution >= 4 is 35.2 Å². The second-order valence-electron chi connectivity index (χ2n) is 9.55. The first-order valence-corrected chi connectivity index (χ1v) is 12.7. The molecule has 0 spiro atoms. The van der Waals surface area contributed by atoms with E-state index in [1.165, 1.54) is 18.2 Å². The molecule has 3 saturated heterocycles. The van der Waals surface area contributed by atoms with Gasteiger partial charge in [0.05, 0.1) is 5.70 Å². The molecule has 0 bridgehead atoms. The molecular weight excluding hydrogens is 535 g/mol. The van der Waals surface area contributed by atoms with Crippen molar-refractivity contribution in [3.8, 4) is 11.5 Å². The highest BCUT2D eigenvalue weighted by Gasteiger charge is 2.48. The van der Waals surface area contributed by atoms with Crippen molar-refractivity contribution in [1.29, 1.82) is 0 Å². The first-order chi connectivity index (χ1) is 16.7. The Labute approximate surface area is 220 Å². The topological polar surface area (TPSA) is 95.8 Å². The van der Waals surface area contributed by atoms with E-state index >= 15 is 0 Å². The van der Waals surface area contributed by atoms with Crippen LogP contribution in [0.25, 0.3) is 0 Å². The number of hydrogen-bond donors (Lipinski definition) is 0. The van der Waals surface area contributed by atoms with Crippen LogP contribution in [-0.2, 0) is 19.7 Å². The van der Waals surface area contributed by atoms with Crippen molar-refractivity contribution in [3.63, 3.8) is 0 Å². The molecule has 0 amide bonds. The summed E-state index contributed by atoms with van der Waals surface area (Å²) in [4.78, 5) is 30.5. The van der Waals surface area contributed by atoms with Crippen LogP contribution in [0.15, 0.2) is 47.4 Å². The van der Waals surface area contributed by atoms with Gasteiger partial charge in [0.15, 0.2) is 0 Å². The average Bonchev–Trinajstić information content (AvgIpc) is 3.60. The van der Waals surface area contributed by atoms with Gasteiger partial charge in [-0.05, 0) is 45.0 Å². The molecule has 0 saturated carbocycles. The third-order valence-corrected chi connectivity index (χ3v) is 6.20. The monoisotopic (exact) mass is 563 g/mol. The minimum atomic E-state index is -5.64. The number of halogens is 3. The molecule has 1 aromatic carbocycles. The maximum atomic E-state index is 12.4. The highest BCUT2D eigenvalue weighted by Crippen LogP contribution is 2.34. The quantitative estimate of drug-likeness (QED) is 0.224. The predicted octanol–water partition coefficient (Wildman–Crippen LogP) is 2.39. The number of ether oxygens (including phenoxy) is 1. The zero-order chi connectivity index (χ0) is 26.5. The third-order valence-electron chi connectivity index (χ3n) is 5.23. The molecule has 3 aliphatic heterocycles. The van der Waals surface area contributed by atoms with Crippen molar-refractivity contribution in [2.45, 2.75) is 31.9 Å². The van der Waals surface area contributed by atoms with Crippen LogP contribution in [0.2, 0.25) is 0 Å². The predicted molar refractivity (Wildman–Crippen MR) is 133 cm³/mol. The lowest BCUT2D eigenvalue weighted by atomic mass is 10.0. The smallest absolute Gasteiger partial charge is 0.488 e. The van der Waals surface area contributed by atoms with Gasteiger partial charge in [0.2, 0.25) is 11.6 Å². The molecule has 9 nitrogen and oxygen atoms in total. The fourth-order valence-electron chi connectivity index (χ4n) is 3.37. The Morgan fingerprint density at radius 2 is 1.24 bits per heavy atom. The number of Topliss-reactive ketones (excluding diaryl/α,β-unsaturated/α-hetero) is 1. The SMILES string of the molecule is CC(C)(C)Oc1ccc(OS(=O)(=O)C(F)(F)F)cc1.O=C1C=C(N2CC2)C(=O)C(N2CC2)=C1N1CC1.S. The first-order valence-electron chi connectivity index (χ1n) is 11.3. The molecular formula is C23H28F3N3O6S2. The van der Waals surface area contributed by atoms with Gasteiger partial charge in [-0.25, -0.2) is 0 Å². The molecule has 0 unspecified atom stereocenters. The van der Waals surface area contributed by atoms with Gasteiger partial charge in [-0.3, -0.25) is 9.59 Å². The molecule has 14 heteroatoms. The summed E-state index contributed by atoms with van der Waals surface area (Å²) in [7, 11) is -5.64. The lowest BCUT2D eigenvalue weighted by Crippen LogP contribution is -2.29. The molecule has 1 aliphatic carbocycles. The van der Waals surface area contributed by atoms with Crippen LogP contribution in [0.3, 0.4) is 0 Å². The number of carbonyl (C=O) groups is 2. The number of allylic oxidation sites excluding steroid dienone is 1. The summed E-state index contributed by atoms with van der Waals surface area (Å²) in [6, 6.07) is 4.83. The zero-order valence-corrected chi connectivity index (χ0v) is 22.3. The van der Waals surface area contributed by atoms with E-state index in [4.69, 9.17) is 4.74 Å². The fraction of sp³-hybridized carbons (Fsp3) is 0.478. The molecule has 1 aromatic rings. The van der Waals surface area contributed by atoms with E-state index in [9.17, 15) is 31.2 Å². The molecule has 4 aliphatic rings. The standard InChI is InChI=1S/C12H13N3O2.C11H13F3O4S.H2S/c16-9-7-8(13-1-2-13)12(17)11(15-5-6-15)10(9)14-3-4-14;1-10(2,3)17-8-4-6-9(7-5-8)18-19(15,16)11(12,13)14;/h7H,1-6H2;4-7H,1-3H3;1H2. The van der Waals surface area contributed by atoms with Gasteiger partial charge in [0, 0.05) is 45.3 Å². The summed E-state index contributed by atoms with van der Waals surface area (Å²) >= 11 is 0. The highest BCUT2D eigenvalue weighted by molar-refractivity contribution is 7.88. The van der Waals surface area contributed by atoms with E-state index in [0.29, 0.717) is 22.8 Å². The Morgan fingerprint density at radius 1 is 0.784 bits per heavy atom. The van der Waals surface area contributed by atoms with Crippen LogP contribution in [0.1, 0.15) is 20.8 Å². The van der Waals surface area contributed by atoms with Gasteiger partial charge in [0.25, 0.3) is 0 Å². The zero-order valence-electron chi connectivity index (χ0n) is 20.5. The number of benzene rings is 1. The van der Waals surface area contributed by atoms with Crippen LogP contribution in [0.4, 0.5) is 13.2 Å². The maximum absolute atomic E-state index is 12.4. The summed E-state index contributed by atoms with van der Waals surface area (Å²) in [6.45, 7) is 10.8. The van der Waals surface area contributed by atoms with Gasteiger partial charge in [-0.15, -0.1) is 0 Å². The summed E-state index contributed by atoms with van der Waals surface area (Å²) in [5, 5.41) is 0. The van der Waals surface area contributed by atoms with Crippen LogP contribution >= 0.6 is 13.5 Å². The fourth-order valence-corrected chi connectivity index (χ4v) is 3.83. The molecule has 3 fully saturated rings. The van der Waals surface area contributed by atoms with E-state index in [2.05, 4.69) is 4.18 Å². The molecule has 37 heavy (non-hydrogen) atoms. The van der Waals surface area contributed by atoms with Crippen molar-refractivity contribution in [2.24, 2.45) is 0 Å². The molecule has 5 rings (SSSR count). The van der Waals surface area contributed by atoms with Crippen LogP contribution < -0.4 is 8.92 Å². The van der Waals surface area contributed by atoms with Crippen molar-refractivity contribution in [2.75, 3.05) is 39.3 Å². The Kier molecular flexibility index (Phi) is 7.85. The van der Waals surface area contributed by atoms with E-state index in [1.807, 2.05) is 14.7 Å². The Morgan fingerprint density at radius 3 is 1.68 bits per heavy atom. The molecule has 0 aromatic heterocycles. The van der Waals surface area contributed by atoms with Crippen molar-refractivity contribution < 1.29 is 40.1 Å². The van der Waals surface area contributed by atoms with Gasteiger partial charge >= 0.3 is 15.6 Å². The average molecular weight is 564 g/mol. The van der Waals surface area contributed by atoms with Gasteiger partial charge in [-0.2, -0.15) is 35.1 Å². The molecule has 0 radical (unpaired) electrons. The minimum Gasteiger partial charge on any atom is -0.488 e. The number of carbonyl (C=O) groups excluding carboxylic acids is 2. The second-order valence-corrected chi connectivity index (χ2v) is 11.1. The van der Waals surface area contributed by atoms with Gasteiger partial charge < -0.3 is 23.6 Å². The van der Waals surface area contributed by atoms with E-state index in [0.717, 1.165) is 51.4 Å². The number of ketones is 2. The molecule has 0 atom stereocenters.